The maximum absolute atomic E-state index is 14.8. The quantitative estimate of drug-likeness (QED) is 0.255. The average Bonchev–Trinajstić information content (AvgIpc) is 2.80. The molecule has 1 aromatic carbocycles. The van der Waals surface area contributed by atoms with E-state index in [4.69, 9.17) is 16.3 Å². The second-order valence-electron chi connectivity index (χ2n) is 9.88. The summed E-state index contributed by atoms with van der Waals surface area (Å²) in [5.74, 6) is 3.04. The molecule has 2 saturated carbocycles. The van der Waals surface area contributed by atoms with Crippen molar-refractivity contribution in [2.24, 2.45) is 17.8 Å². The molecule has 1 nitrogen and oxygen atoms in total. The standard InChI is InChI=1S/C28H42ClFO/c1-3-5-7-9-21-10-12-22(13-11-21)23-14-16-24(17-15-23)25-18-19-26(28(30)27(25)29)31-20-8-6-4-2/h3,5,18-19,21-24H,4,6-17,20H2,1-2H3. The number of hydrogen-bond acceptors (Lipinski definition) is 1. The number of ether oxygens (including phenoxy) is 1. The Hall–Kier alpha value is -1.02. The van der Waals surface area contributed by atoms with E-state index in [9.17, 15) is 4.39 Å². The molecule has 0 bridgehead atoms. The molecule has 0 spiro atoms. The third-order valence-corrected chi connectivity index (χ3v) is 8.21. The lowest BCUT2D eigenvalue weighted by atomic mass is 9.68. The number of halogens is 2. The first kappa shape index (κ1) is 24.6. The van der Waals surface area contributed by atoms with Crippen LogP contribution in [0.4, 0.5) is 4.39 Å². The summed E-state index contributed by atoms with van der Waals surface area (Å²) in [6.45, 7) is 4.83. The average molecular weight is 449 g/mol. The Bertz CT molecular complexity index is 684. The van der Waals surface area contributed by atoms with Crippen LogP contribution in [0.5, 0.6) is 5.75 Å². The van der Waals surface area contributed by atoms with Crippen molar-refractivity contribution in [1.29, 1.82) is 0 Å². The van der Waals surface area contributed by atoms with Crippen LogP contribution in [0.25, 0.3) is 0 Å². The normalized spacial score (nSPS) is 27.0. The van der Waals surface area contributed by atoms with Crippen LogP contribution in [0.1, 0.15) is 109 Å². The van der Waals surface area contributed by atoms with Crippen molar-refractivity contribution in [3.8, 4) is 5.75 Å². The highest BCUT2D eigenvalue weighted by Crippen LogP contribution is 2.46. The number of benzene rings is 1. The maximum Gasteiger partial charge on any atom is 0.183 e. The van der Waals surface area contributed by atoms with Gasteiger partial charge in [0.1, 0.15) is 0 Å². The van der Waals surface area contributed by atoms with E-state index < -0.39 is 0 Å². The molecule has 0 aromatic heterocycles. The third kappa shape index (κ3) is 6.98. The van der Waals surface area contributed by atoms with Crippen LogP contribution in [0.2, 0.25) is 5.02 Å². The SMILES string of the molecule is CC=CCCC1CCC(C2CCC(c3ccc(OCCCCC)c(F)c3Cl)CC2)CC1. The molecule has 0 atom stereocenters. The molecule has 0 saturated heterocycles. The van der Waals surface area contributed by atoms with Crippen molar-refractivity contribution in [1.82, 2.24) is 0 Å². The molecular formula is C28H42ClFO. The Morgan fingerprint density at radius 1 is 1.00 bits per heavy atom. The minimum Gasteiger partial charge on any atom is -0.490 e. The Labute approximate surface area is 194 Å². The van der Waals surface area contributed by atoms with Crippen LogP contribution < -0.4 is 4.74 Å². The molecule has 0 aliphatic heterocycles. The summed E-state index contributed by atoms with van der Waals surface area (Å²) >= 11 is 6.47. The molecule has 0 radical (unpaired) electrons. The fraction of sp³-hybridized carbons (Fsp3) is 0.714. The molecule has 0 amide bonds. The summed E-state index contributed by atoms with van der Waals surface area (Å²) in [6.07, 6.45) is 20.8. The van der Waals surface area contributed by atoms with Gasteiger partial charge in [0.25, 0.3) is 0 Å². The molecule has 0 unspecified atom stereocenters. The molecule has 0 N–H and O–H groups in total. The van der Waals surface area contributed by atoms with Crippen LogP contribution in [0, 0.1) is 23.6 Å². The Kier molecular flexibility index (Phi) is 10.2. The summed E-state index contributed by atoms with van der Waals surface area (Å²) < 4.78 is 20.4. The smallest absolute Gasteiger partial charge is 0.183 e. The van der Waals surface area contributed by atoms with Gasteiger partial charge in [0, 0.05) is 0 Å². The Balaban J connectivity index is 1.47. The van der Waals surface area contributed by atoms with Gasteiger partial charge in [0.05, 0.1) is 11.6 Å². The number of unbranched alkanes of at least 4 members (excludes halogenated alkanes) is 2. The van der Waals surface area contributed by atoms with Crippen molar-refractivity contribution in [2.45, 2.75) is 103 Å². The summed E-state index contributed by atoms with van der Waals surface area (Å²) in [7, 11) is 0. The highest BCUT2D eigenvalue weighted by Gasteiger charge is 2.32. The lowest BCUT2D eigenvalue weighted by Gasteiger charge is -2.38. The predicted molar refractivity (Wildman–Crippen MR) is 131 cm³/mol. The lowest BCUT2D eigenvalue weighted by molar-refractivity contribution is 0.157. The molecule has 3 heteroatoms. The fourth-order valence-corrected chi connectivity index (χ4v) is 6.17. The molecule has 2 aliphatic rings. The third-order valence-electron chi connectivity index (χ3n) is 7.83. The molecule has 2 aliphatic carbocycles. The first-order chi connectivity index (χ1) is 15.1. The molecule has 1 aromatic rings. The molecule has 0 heterocycles. The molecule has 174 valence electrons. The van der Waals surface area contributed by atoms with E-state index in [0.717, 1.165) is 55.4 Å². The first-order valence-corrected chi connectivity index (χ1v) is 13.2. The minimum atomic E-state index is -0.367. The fourth-order valence-electron chi connectivity index (χ4n) is 5.86. The second kappa shape index (κ2) is 12.9. The maximum atomic E-state index is 14.8. The zero-order chi connectivity index (χ0) is 22.1. The van der Waals surface area contributed by atoms with Crippen LogP contribution >= 0.6 is 11.6 Å². The van der Waals surface area contributed by atoms with E-state index in [0.29, 0.717) is 18.3 Å². The molecular weight excluding hydrogens is 407 g/mol. The van der Waals surface area contributed by atoms with Crippen molar-refractivity contribution in [3.63, 3.8) is 0 Å². The number of allylic oxidation sites excluding steroid dienone is 2. The predicted octanol–water partition coefficient (Wildman–Crippen LogP) is 9.48. The van der Waals surface area contributed by atoms with Crippen LogP contribution in [-0.2, 0) is 0 Å². The largest absolute Gasteiger partial charge is 0.490 e. The number of rotatable bonds is 10. The topological polar surface area (TPSA) is 9.23 Å². The van der Waals surface area contributed by atoms with Gasteiger partial charge in [-0.05, 0) is 100 Å². The van der Waals surface area contributed by atoms with E-state index in [1.807, 2.05) is 6.07 Å². The van der Waals surface area contributed by atoms with E-state index in [-0.39, 0.29) is 10.8 Å². The summed E-state index contributed by atoms with van der Waals surface area (Å²) in [4.78, 5) is 0. The van der Waals surface area contributed by atoms with Gasteiger partial charge >= 0.3 is 0 Å². The second-order valence-corrected chi connectivity index (χ2v) is 10.3. The number of hydrogen-bond donors (Lipinski definition) is 0. The molecule has 3 rings (SSSR count). The van der Waals surface area contributed by atoms with Crippen molar-refractivity contribution < 1.29 is 9.13 Å². The van der Waals surface area contributed by atoms with Gasteiger partial charge in [0.15, 0.2) is 11.6 Å². The summed E-state index contributed by atoms with van der Waals surface area (Å²) in [6, 6.07) is 3.81. The van der Waals surface area contributed by atoms with E-state index in [1.54, 1.807) is 6.07 Å². The molecule has 31 heavy (non-hydrogen) atoms. The molecule has 2 fully saturated rings. The van der Waals surface area contributed by atoms with Gasteiger partial charge in [-0.1, -0.05) is 62.4 Å². The summed E-state index contributed by atoms with van der Waals surface area (Å²) in [5.41, 5.74) is 0.992. The van der Waals surface area contributed by atoms with Crippen LogP contribution in [-0.4, -0.2) is 6.61 Å². The van der Waals surface area contributed by atoms with E-state index >= 15 is 0 Å². The van der Waals surface area contributed by atoms with Crippen molar-refractivity contribution in [2.75, 3.05) is 6.61 Å². The van der Waals surface area contributed by atoms with Gasteiger partial charge < -0.3 is 4.74 Å². The monoisotopic (exact) mass is 448 g/mol. The minimum absolute atomic E-state index is 0.290. The van der Waals surface area contributed by atoms with Gasteiger partial charge in [-0.15, -0.1) is 0 Å². The Morgan fingerprint density at radius 2 is 1.68 bits per heavy atom. The highest BCUT2D eigenvalue weighted by molar-refractivity contribution is 6.31. The zero-order valence-electron chi connectivity index (χ0n) is 19.7. The van der Waals surface area contributed by atoms with Gasteiger partial charge in [-0.25, -0.2) is 4.39 Å². The van der Waals surface area contributed by atoms with Gasteiger partial charge in [-0.2, -0.15) is 0 Å². The van der Waals surface area contributed by atoms with E-state index in [1.165, 1.54) is 51.4 Å². The zero-order valence-corrected chi connectivity index (χ0v) is 20.4. The van der Waals surface area contributed by atoms with Crippen molar-refractivity contribution >= 4 is 11.6 Å². The van der Waals surface area contributed by atoms with Crippen LogP contribution in [0.15, 0.2) is 24.3 Å². The van der Waals surface area contributed by atoms with Crippen molar-refractivity contribution in [3.05, 3.63) is 40.7 Å². The summed E-state index contributed by atoms with van der Waals surface area (Å²) in [5, 5.41) is 0.290. The van der Waals surface area contributed by atoms with Crippen LogP contribution in [0.3, 0.4) is 0 Å². The highest BCUT2D eigenvalue weighted by atomic mass is 35.5. The lowest BCUT2D eigenvalue weighted by Crippen LogP contribution is -2.25. The first-order valence-electron chi connectivity index (χ1n) is 12.9. The van der Waals surface area contributed by atoms with E-state index in [2.05, 4.69) is 26.0 Å². The Morgan fingerprint density at radius 3 is 2.32 bits per heavy atom. The van der Waals surface area contributed by atoms with Gasteiger partial charge in [0.2, 0.25) is 0 Å². The van der Waals surface area contributed by atoms with Gasteiger partial charge in [-0.3, -0.25) is 0 Å².